The van der Waals surface area contributed by atoms with Crippen LogP contribution >= 0.6 is 0 Å². The first-order chi connectivity index (χ1) is 9.52. The molecule has 0 bridgehead atoms. The molecule has 20 heavy (non-hydrogen) atoms. The summed E-state index contributed by atoms with van der Waals surface area (Å²) in [5.74, 6) is 0.678. The highest BCUT2D eigenvalue weighted by atomic mass is 16.5. The Labute approximate surface area is 122 Å². The molecule has 0 aromatic rings. The molecule has 0 aromatic heterocycles. The molecule has 0 aliphatic carbocycles. The first-order valence-corrected chi connectivity index (χ1v) is 7.39. The van der Waals surface area contributed by atoms with E-state index < -0.39 is 0 Å². The van der Waals surface area contributed by atoms with E-state index in [9.17, 15) is 4.79 Å². The summed E-state index contributed by atoms with van der Waals surface area (Å²) >= 11 is 0. The number of carbonyl (C=O) groups is 1. The summed E-state index contributed by atoms with van der Waals surface area (Å²) in [6.45, 7) is 5.94. The Morgan fingerprint density at radius 3 is 2.80 bits per heavy atom. The molecule has 0 radical (unpaired) electrons. The average molecular weight is 284 g/mol. The number of ether oxygens (including phenoxy) is 1. The molecule has 2 unspecified atom stereocenters. The molecule has 1 heterocycles. The number of carbonyl (C=O) groups excluding carboxylic acids is 1. The molecule has 1 aliphatic heterocycles. The topological polar surface area (TPSA) is 66.0 Å². The van der Waals surface area contributed by atoms with Crippen molar-refractivity contribution < 1.29 is 9.53 Å². The number of guanidine groups is 1. The van der Waals surface area contributed by atoms with Crippen molar-refractivity contribution in [3.8, 4) is 0 Å². The molecule has 1 rings (SSSR count). The Morgan fingerprint density at radius 1 is 1.50 bits per heavy atom. The maximum atomic E-state index is 11.6. The van der Waals surface area contributed by atoms with Gasteiger partial charge in [-0.1, -0.05) is 6.92 Å². The van der Waals surface area contributed by atoms with Crippen LogP contribution in [0.3, 0.4) is 0 Å². The van der Waals surface area contributed by atoms with Crippen LogP contribution in [0.25, 0.3) is 0 Å². The lowest BCUT2D eigenvalue weighted by Gasteiger charge is -2.19. The van der Waals surface area contributed by atoms with Crippen molar-refractivity contribution in [2.45, 2.75) is 45.3 Å². The van der Waals surface area contributed by atoms with E-state index in [0.717, 1.165) is 32.4 Å². The molecular weight excluding hydrogens is 256 g/mol. The molecule has 2 atom stereocenters. The van der Waals surface area contributed by atoms with Crippen LogP contribution in [0.15, 0.2) is 4.99 Å². The van der Waals surface area contributed by atoms with Crippen LogP contribution in [0.5, 0.6) is 0 Å². The number of nitrogens with zero attached hydrogens (tertiary/aromatic N) is 2. The summed E-state index contributed by atoms with van der Waals surface area (Å²) in [6.07, 6.45) is 3.46. The van der Waals surface area contributed by atoms with Gasteiger partial charge in [0.2, 0.25) is 5.91 Å². The first kappa shape index (κ1) is 16.8. The number of likely N-dealkylation sites (N-methyl/N-ethyl adjacent to an activating group) is 1. The third-order valence-corrected chi connectivity index (χ3v) is 3.39. The van der Waals surface area contributed by atoms with E-state index >= 15 is 0 Å². The zero-order valence-corrected chi connectivity index (χ0v) is 13.1. The van der Waals surface area contributed by atoms with Gasteiger partial charge >= 0.3 is 0 Å². The van der Waals surface area contributed by atoms with E-state index in [1.54, 1.807) is 19.0 Å². The molecule has 6 heteroatoms. The zero-order chi connectivity index (χ0) is 15.0. The number of hydrogen-bond donors (Lipinski definition) is 2. The average Bonchev–Trinajstić information content (AvgIpc) is 2.94. The molecule has 6 nitrogen and oxygen atoms in total. The van der Waals surface area contributed by atoms with Crippen molar-refractivity contribution in [1.29, 1.82) is 0 Å². The van der Waals surface area contributed by atoms with Crippen molar-refractivity contribution in [2.75, 3.05) is 33.8 Å². The van der Waals surface area contributed by atoms with Crippen LogP contribution in [0.2, 0.25) is 0 Å². The van der Waals surface area contributed by atoms with Crippen LogP contribution in [0, 0.1) is 0 Å². The van der Waals surface area contributed by atoms with Gasteiger partial charge in [-0.3, -0.25) is 4.79 Å². The molecule has 2 N–H and O–H groups in total. The first-order valence-electron chi connectivity index (χ1n) is 7.39. The lowest BCUT2D eigenvalue weighted by molar-refractivity contribution is -0.127. The van der Waals surface area contributed by atoms with Crippen molar-refractivity contribution in [1.82, 2.24) is 15.5 Å². The lowest BCUT2D eigenvalue weighted by atomic mass is 10.2. The van der Waals surface area contributed by atoms with E-state index in [1.807, 2.05) is 0 Å². The van der Waals surface area contributed by atoms with Crippen LogP contribution in [-0.2, 0) is 9.53 Å². The maximum absolute atomic E-state index is 11.6. The summed E-state index contributed by atoms with van der Waals surface area (Å²) in [6, 6.07) is 0.320. The van der Waals surface area contributed by atoms with Gasteiger partial charge in [0.1, 0.15) is 6.54 Å². The summed E-state index contributed by atoms with van der Waals surface area (Å²) < 4.78 is 5.58. The van der Waals surface area contributed by atoms with Crippen LogP contribution < -0.4 is 10.6 Å². The Bertz CT molecular complexity index is 325. The maximum Gasteiger partial charge on any atom is 0.243 e. The van der Waals surface area contributed by atoms with Crippen molar-refractivity contribution in [3.05, 3.63) is 0 Å². The van der Waals surface area contributed by atoms with Crippen LogP contribution in [-0.4, -0.2) is 62.7 Å². The number of hydrogen-bond acceptors (Lipinski definition) is 3. The van der Waals surface area contributed by atoms with Crippen molar-refractivity contribution in [3.63, 3.8) is 0 Å². The number of amides is 1. The Hall–Kier alpha value is -1.30. The van der Waals surface area contributed by atoms with Gasteiger partial charge in [0.25, 0.3) is 0 Å². The fraction of sp³-hybridized carbons (Fsp3) is 0.857. The predicted octanol–water partition coefficient (Wildman–Crippen LogP) is 0.587. The van der Waals surface area contributed by atoms with Gasteiger partial charge < -0.3 is 20.3 Å². The minimum Gasteiger partial charge on any atom is -0.376 e. The largest absolute Gasteiger partial charge is 0.376 e. The molecule has 0 spiro atoms. The third kappa shape index (κ3) is 6.23. The Morgan fingerprint density at radius 2 is 2.25 bits per heavy atom. The fourth-order valence-electron chi connectivity index (χ4n) is 1.79. The third-order valence-electron chi connectivity index (χ3n) is 3.39. The monoisotopic (exact) mass is 284 g/mol. The van der Waals surface area contributed by atoms with Gasteiger partial charge in [-0.2, -0.15) is 0 Å². The predicted molar refractivity (Wildman–Crippen MR) is 80.9 cm³/mol. The van der Waals surface area contributed by atoms with Crippen molar-refractivity contribution in [2.24, 2.45) is 4.99 Å². The Balaban J connectivity index is 2.49. The van der Waals surface area contributed by atoms with Gasteiger partial charge in [0.15, 0.2) is 5.96 Å². The van der Waals surface area contributed by atoms with Crippen LogP contribution in [0.1, 0.15) is 33.1 Å². The van der Waals surface area contributed by atoms with Gasteiger partial charge in [0, 0.05) is 33.3 Å². The zero-order valence-electron chi connectivity index (χ0n) is 13.1. The van der Waals surface area contributed by atoms with Gasteiger partial charge in [-0.15, -0.1) is 0 Å². The fourth-order valence-corrected chi connectivity index (χ4v) is 1.79. The molecule has 0 saturated carbocycles. The lowest BCUT2D eigenvalue weighted by Crippen LogP contribution is -2.45. The SMILES string of the molecule is CCC(C)NC(=NCC(=O)N(C)C)NCC1CCCO1. The molecule has 1 aliphatic rings. The highest BCUT2D eigenvalue weighted by Gasteiger charge is 2.16. The van der Waals surface area contributed by atoms with E-state index in [4.69, 9.17) is 4.74 Å². The summed E-state index contributed by atoms with van der Waals surface area (Å²) in [7, 11) is 3.47. The van der Waals surface area contributed by atoms with Gasteiger partial charge in [-0.25, -0.2) is 4.99 Å². The molecule has 116 valence electrons. The highest BCUT2D eigenvalue weighted by molar-refractivity contribution is 5.84. The Kier molecular flexibility index (Phi) is 7.36. The number of aliphatic imine (C=N–C) groups is 1. The summed E-state index contributed by atoms with van der Waals surface area (Å²) in [5, 5.41) is 6.56. The second kappa shape index (κ2) is 8.79. The van der Waals surface area contributed by atoms with E-state index in [0.29, 0.717) is 12.0 Å². The normalized spacial score (nSPS) is 20.6. The van der Waals surface area contributed by atoms with E-state index in [1.165, 1.54) is 0 Å². The van der Waals surface area contributed by atoms with Crippen LogP contribution in [0.4, 0.5) is 0 Å². The van der Waals surface area contributed by atoms with E-state index in [-0.39, 0.29) is 18.6 Å². The highest BCUT2D eigenvalue weighted by Crippen LogP contribution is 2.10. The smallest absolute Gasteiger partial charge is 0.243 e. The van der Waals surface area contributed by atoms with Crippen molar-refractivity contribution >= 4 is 11.9 Å². The minimum absolute atomic E-state index is 0.00707. The molecule has 0 aromatic carbocycles. The number of rotatable bonds is 6. The van der Waals surface area contributed by atoms with Gasteiger partial charge in [0.05, 0.1) is 6.10 Å². The quantitative estimate of drug-likeness (QED) is 0.553. The minimum atomic E-state index is -0.00707. The number of nitrogens with one attached hydrogen (secondary N) is 2. The molecule has 1 amide bonds. The van der Waals surface area contributed by atoms with E-state index in [2.05, 4.69) is 29.5 Å². The molecule has 1 saturated heterocycles. The standard InChI is InChI=1S/C14H28N4O2/c1-5-11(2)17-14(16-10-13(19)18(3)4)15-9-12-7-6-8-20-12/h11-12H,5-10H2,1-4H3,(H2,15,16,17). The second-order valence-corrected chi connectivity index (χ2v) is 5.42. The molecular formula is C14H28N4O2. The summed E-state index contributed by atoms with van der Waals surface area (Å²) in [5.41, 5.74) is 0. The second-order valence-electron chi connectivity index (χ2n) is 5.42. The summed E-state index contributed by atoms with van der Waals surface area (Å²) in [4.78, 5) is 17.5. The van der Waals surface area contributed by atoms with Gasteiger partial charge in [-0.05, 0) is 26.2 Å². The molecule has 1 fully saturated rings.